The van der Waals surface area contributed by atoms with Gasteiger partial charge in [0.05, 0.1) is 17.3 Å². The normalized spacial score (nSPS) is 27.9. The van der Waals surface area contributed by atoms with E-state index in [4.69, 9.17) is 0 Å². The van der Waals surface area contributed by atoms with Crippen molar-refractivity contribution in [3.63, 3.8) is 0 Å². The van der Waals surface area contributed by atoms with Gasteiger partial charge in [0, 0.05) is 18.3 Å². The minimum absolute atomic E-state index is 0.0332. The first-order chi connectivity index (χ1) is 10.9. The van der Waals surface area contributed by atoms with Crippen LogP contribution in [-0.2, 0) is 14.6 Å². The third-order valence-corrected chi connectivity index (χ3v) is 7.89. The van der Waals surface area contributed by atoms with Crippen molar-refractivity contribution in [2.24, 2.45) is 5.92 Å². The Morgan fingerprint density at radius 1 is 1.30 bits per heavy atom. The van der Waals surface area contributed by atoms with Gasteiger partial charge in [0.25, 0.3) is 0 Å². The Bertz CT molecular complexity index is 482. The zero-order chi connectivity index (χ0) is 16.7. The van der Waals surface area contributed by atoms with Crippen LogP contribution in [-0.4, -0.2) is 67.9 Å². The van der Waals surface area contributed by atoms with Crippen LogP contribution in [0.15, 0.2) is 0 Å². The van der Waals surface area contributed by atoms with Crippen LogP contribution in [0.1, 0.15) is 39.0 Å². The molecular weight excluding hydrogens is 332 g/mol. The maximum absolute atomic E-state index is 11.8. The van der Waals surface area contributed by atoms with Crippen molar-refractivity contribution in [3.8, 4) is 0 Å². The molecule has 2 rings (SSSR count). The van der Waals surface area contributed by atoms with E-state index in [0.29, 0.717) is 12.2 Å². The maximum atomic E-state index is 11.8. The molecule has 0 aromatic carbocycles. The zero-order valence-electron chi connectivity index (χ0n) is 14.1. The Balaban J connectivity index is 1.47. The van der Waals surface area contributed by atoms with E-state index in [2.05, 4.69) is 17.1 Å². The number of piperidine rings is 1. The van der Waals surface area contributed by atoms with Gasteiger partial charge in [-0.15, -0.1) is 11.8 Å². The molecule has 2 aliphatic heterocycles. The topological polar surface area (TPSA) is 66.5 Å². The van der Waals surface area contributed by atoms with Gasteiger partial charge in [-0.2, -0.15) is 0 Å². The largest absolute Gasteiger partial charge is 0.355 e. The first-order valence-corrected chi connectivity index (χ1v) is 11.6. The second-order valence-corrected chi connectivity index (χ2v) is 10.5. The van der Waals surface area contributed by atoms with E-state index < -0.39 is 9.84 Å². The van der Waals surface area contributed by atoms with Crippen molar-refractivity contribution in [1.29, 1.82) is 0 Å². The molecule has 1 amide bonds. The van der Waals surface area contributed by atoms with Crippen LogP contribution in [0, 0.1) is 5.92 Å². The fraction of sp³-hybridized carbons (Fsp3) is 0.938. The van der Waals surface area contributed by atoms with Gasteiger partial charge in [0.1, 0.15) is 0 Å². The molecule has 0 radical (unpaired) electrons. The molecule has 23 heavy (non-hydrogen) atoms. The summed E-state index contributed by atoms with van der Waals surface area (Å²) in [6.45, 7) is 6.62. The molecule has 0 bridgehead atoms. The highest BCUT2D eigenvalue weighted by atomic mass is 32.2. The summed E-state index contributed by atoms with van der Waals surface area (Å²) in [6, 6.07) is 0. The molecule has 0 saturated carbocycles. The molecule has 0 aromatic rings. The van der Waals surface area contributed by atoms with Gasteiger partial charge < -0.3 is 10.2 Å². The van der Waals surface area contributed by atoms with E-state index >= 15 is 0 Å². The van der Waals surface area contributed by atoms with Crippen LogP contribution < -0.4 is 5.32 Å². The molecule has 2 aliphatic rings. The summed E-state index contributed by atoms with van der Waals surface area (Å²) < 4.78 is 22.7. The molecule has 2 heterocycles. The minimum atomic E-state index is -2.84. The van der Waals surface area contributed by atoms with E-state index in [1.807, 2.05) is 0 Å². The Morgan fingerprint density at radius 2 is 2.13 bits per heavy atom. The minimum Gasteiger partial charge on any atom is -0.355 e. The lowest BCUT2D eigenvalue weighted by molar-refractivity contribution is -0.118. The molecule has 0 aliphatic carbocycles. The number of likely N-dealkylation sites (tertiary alicyclic amines) is 1. The van der Waals surface area contributed by atoms with E-state index in [-0.39, 0.29) is 22.7 Å². The number of hydrogen-bond donors (Lipinski definition) is 1. The molecule has 0 aromatic heterocycles. The summed E-state index contributed by atoms with van der Waals surface area (Å²) in [6.07, 6.45) is 5.49. The Labute approximate surface area is 144 Å². The molecule has 0 spiro atoms. The number of rotatable bonds is 8. The van der Waals surface area contributed by atoms with Gasteiger partial charge in [0.15, 0.2) is 9.84 Å². The number of thioether (sulfide) groups is 1. The molecule has 1 N–H and O–H groups in total. The van der Waals surface area contributed by atoms with Gasteiger partial charge in [-0.1, -0.05) is 6.92 Å². The monoisotopic (exact) mass is 362 g/mol. The van der Waals surface area contributed by atoms with Gasteiger partial charge >= 0.3 is 0 Å². The van der Waals surface area contributed by atoms with Crippen molar-refractivity contribution in [2.45, 2.75) is 44.3 Å². The summed E-state index contributed by atoms with van der Waals surface area (Å²) in [5.41, 5.74) is 0. The number of nitrogens with one attached hydrogen (secondary N) is 1. The second kappa shape index (κ2) is 9.28. The molecule has 7 heteroatoms. The van der Waals surface area contributed by atoms with Crippen molar-refractivity contribution in [1.82, 2.24) is 10.2 Å². The molecule has 5 nitrogen and oxygen atoms in total. The van der Waals surface area contributed by atoms with Crippen molar-refractivity contribution >= 4 is 27.5 Å². The van der Waals surface area contributed by atoms with Gasteiger partial charge in [-0.3, -0.25) is 4.79 Å². The maximum Gasteiger partial charge on any atom is 0.230 e. The fourth-order valence-electron chi connectivity index (χ4n) is 3.31. The van der Waals surface area contributed by atoms with E-state index in [1.54, 1.807) is 0 Å². The number of hydrogen-bond acceptors (Lipinski definition) is 5. The molecular formula is C16H30N2O3S2. The van der Waals surface area contributed by atoms with E-state index in [9.17, 15) is 13.2 Å². The number of nitrogens with zero attached hydrogens (tertiary/aromatic N) is 1. The quantitative estimate of drug-likeness (QED) is 0.664. The first-order valence-electron chi connectivity index (χ1n) is 8.76. The lowest BCUT2D eigenvalue weighted by Crippen LogP contribution is -2.35. The van der Waals surface area contributed by atoms with Gasteiger partial charge in [0.2, 0.25) is 5.91 Å². The highest BCUT2D eigenvalue weighted by Crippen LogP contribution is 2.23. The molecule has 2 fully saturated rings. The summed E-state index contributed by atoms with van der Waals surface area (Å²) in [5.74, 6) is 1.75. The summed E-state index contributed by atoms with van der Waals surface area (Å²) in [7, 11) is -2.84. The third-order valence-electron chi connectivity index (χ3n) is 4.61. The number of carbonyl (C=O) groups excluding carboxylic acids is 1. The Morgan fingerprint density at radius 3 is 2.83 bits per heavy atom. The van der Waals surface area contributed by atoms with Gasteiger partial charge in [-0.25, -0.2) is 8.42 Å². The fourth-order valence-corrected chi connectivity index (χ4v) is 6.79. The van der Waals surface area contributed by atoms with Crippen molar-refractivity contribution < 1.29 is 13.2 Å². The predicted molar refractivity (Wildman–Crippen MR) is 96.6 cm³/mol. The van der Waals surface area contributed by atoms with Crippen LogP contribution >= 0.6 is 11.8 Å². The summed E-state index contributed by atoms with van der Waals surface area (Å²) >= 11 is 1.48. The smallest absolute Gasteiger partial charge is 0.230 e. The molecule has 2 saturated heterocycles. The van der Waals surface area contributed by atoms with E-state index in [0.717, 1.165) is 31.8 Å². The number of carbonyl (C=O) groups is 1. The Kier molecular flexibility index (Phi) is 7.69. The standard InChI is InChI=1S/C16H30N2O3S2/c1-14-5-4-9-18(11-14)8-3-2-7-17-16(19)12-22-15-6-10-23(20,21)13-15/h14-15H,2-13H2,1H3,(H,17,19). The number of unbranched alkanes of at least 4 members (excludes halogenated alkanes) is 1. The van der Waals surface area contributed by atoms with Crippen LogP contribution in [0.25, 0.3) is 0 Å². The van der Waals surface area contributed by atoms with Crippen molar-refractivity contribution in [3.05, 3.63) is 0 Å². The third kappa shape index (κ3) is 7.44. The van der Waals surface area contributed by atoms with Crippen LogP contribution in [0.5, 0.6) is 0 Å². The average molecular weight is 363 g/mol. The first kappa shape index (κ1) is 19.1. The highest BCUT2D eigenvalue weighted by Gasteiger charge is 2.28. The van der Waals surface area contributed by atoms with Crippen molar-refractivity contribution in [2.75, 3.05) is 43.4 Å². The molecule has 134 valence electrons. The van der Waals surface area contributed by atoms with Crippen LogP contribution in [0.4, 0.5) is 0 Å². The SMILES string of the molecule is CC1CCCN(CCCCNC(=O)CSC2CCS(=O)(=O)C2)C1. The lowest BCUT2D eigenvalue weighted by atomic mass is 10.0. The number of sulfone groups is 1. The summed E-state index contributed by atoms with van der Waals surface area (Å²) in [4.78, 5) is 14.3. The average Bonchev–Trinajstić information content (AvgIpc) is 2.84. The lowest BCUT2D eigenvalue weighted by Gasteiger charge is -2.30. The predicted octanol–water partition coefficient (Wildman–Crippen LogP) is 1.54. The molecule has 2 atom stereocenters. The van der Waals surface area contributed by atoms with Crippen LogP contribution in [0.2, 0.25) is 0 Å². The molecule has 2 unspecified atom stereocenters. The zero-order valence-corrected chi connectivity index (χ0v) is 15.8. The number of amides is 1. The second-order valence-electron chi connectivity index (χ2n) is 6.94. The van der Waals surface area contributed by atoms with E-state index in [1.165, 1.54) is 37.7 Å². The van der Waals surface area contributed by atoms with Crippen LogP contribution in [0.3, 0.4) is 0 Å². The summed E-state index contributed by atoms with van der Waals surface area (Å²) in [5, 5.41) is 3.05. The van der Waals surface area contributed by atoms with Gasteiger partial charge in [-0.05, 0) is 51.1 Å². The Hall–Kier alpha value is -0.270. The highest BCUT2D eigenvalue weighted by molar-refractivity contribution is 8.02.